The second kappa shape index (κ2) is 9.59. The molecule has 1 amide bonds. The Kier molecular flexibility index (Phi) is 6.68. The minimum absolute atomic E-state index is 0.268. The fourth-order valence-electron chi connectivity index (χ4n) is 2.89. The number of carbonyl (C=O) groups is 1. The molecule has 0 aromatic heterocycles. The van der Waals surface area contributed by atoms with Gasteiger partial charge in [-0.1, -0.05) is 30.3 Å². The summed E-state index contributed by atoms with van der Waals surface area (Å²) in [6.45, 7) is 2.42. The molecule has 0 spiro atoms. The molecule has 5 nitrogen and oxygen atoms in total. The van der Waals surface area contributed by atoms with Crippen LogP contribution in [0.5, 0.6) is 11.5 Å². The van der Waals surface area contributed by atoms with Crippen LogP contribution in [0.4, 0.5) is 15.8 Å². The van der Waals surface area contributed by atoms with Gasteiger partial charge in [0, 0.05) is 17.4 Å². The number of hydrogen-bond donors (Lipinski definition) is 2. The van der Waals surface area contributed by atoms with E-state index in [2.05, 4.69) is 10.6 Å². The molecule has 2 N–H and O–H groups in total. The first kappa shape index (κ1) is 20.2. The number of halogens is 1. The molecule has 0 radical (unpaired) electrons. The van der Waals surface area contributed by atoms with Crippen molar-refractivity contribution in [2.45, 2.75) is 13.0 Å². The summed E-state index contributed by atoms with van der Waals surface area (Å²) in [5.74, 6) is 0.577. The number of nitrogens with one attached hydrogen (secondary N) is 2. The van der Waals surface area contributed by atoms with Gasteiger partial charge in [0.2, 0.25) is 0 Å². The van der Waals surface area contributed by atoms with E-state index >= 15 is 0 Å². The number of carbonyl (C=O) groups excluding carboxylic acids is 1. The van der Waals surface area contributed by atoms with Gasteiger partial charge in [0.15, 0.2) is 11.5 Å². The molecule has 0 fully saturated rings. The van der Waals surface area contributed by atoms with Crippen molar-refractivity contribution in [1.82, 2.24) is 0 Å². The molecular formula is C23H23FN2O3. The van der Waals surface area contributed by atoms with E-state index in [1.54, 1.807) is 19.2 Å². The van der Waals surface area contributed by atoms with E-state index in [1.807, 2.05) is 43.3 Å². The van der Waals surface area contributed by atoms with E-state index in [4.69, 9.17) is 9.47 Å². The summed E-state index contributed by atoms with van der Waals surface area (Å²) in [5, 5.41) is 6.07. The van der Waals surface area contributed by atoms with Crippen LogP contribution in [0.1, 0.15) is 18.5 Å². The van der Waals surface area contributed by atoms with Gasteiger partial charge in [-0.05, 0) is 48.9 Å². The quantitative estimate of drug-likeness (QED) is 0.563. The number of hydrogen-bond acceptors (Lipinski definition) is 4. The summed E-state index contributed by atoms with van der Waals surface area (Å²) < 4.78 is 24.1. The number of rotatable bonds is 8. The third kappa shape index (κ3) is 5.25. The maximum Gasteiger partial charge on any atom is 0.251 e. The smallest absolute Gasteiger partial charge is 0.251 e. The lowest BCUT2D eigenvalue weighted by molar-refractivity contribution is -0.117. The van der Waals surface area contributed by atoms with Gasteiger partial charge < -0.3 is 20.1 Å². The Morgan fingerprint density at radius 3 is 2.31 bits per heavy atom. The van der Waals surface area contributed by atoms with Crippen LogP contribution in [0, 0.1) is 5.82 Å². The van der Waals surface area contributed by atoms with Gasteiger partial charge in [-0.15, -0.1) is 0 Å². The van der Waals surface area contributed by atoms with Gasteiger partial charge >= 0.3 is 0 Å². The van der Waals surface area contributed by atoms with Crippen molar-refractivity contribution in [2.24, 2.45) is 0 Å². The number of ether oxygens (including phenoxy) is 2. The minimum atomic E-state index is -0.663. The maximum atomic E-state index is 13.1. The molecule has 3 aromatic carbocycles. The zero-order chi connectivity index (χ0) is 20.6. The Balaban J connectivity index is 1.86. The van der Waals surface area contributed by atoms with Crippen LogP contribution in [0.2, 0.25) is 0 Å². The van der Waals surface area contributed by atoms with Crippen molar-refractivity contribution in [3.05, 3.63) is 84.2 Å². The second-order valence-corrected chi connectivity index (χ2v) is 6.28. The van der Waals surface area contributed by atoms with Gasteiger partial charge in [-0.2, -0.15) is 0 Å². The van der Waals surface area contributed by atoms with Gasteiger partial charge in [-0.25, -0.2) is 4.39 Å². The molecule has 0 aliphatic heterocycles. The second-order valence-electron chi connectivity index (χ2n) is 6.28. The normalized spacial score (nSPS) is 11.4. The van der Waals surface area contributed by atoms with Crippen LogP contribution in [-0.2, 0) is 4.79 Å². The number of methoxy groups -OCH3 is 1. The first-order chi connectivity index (χ1) is 14.1. The third-order valence-electron chi connectivity index (χ3n) is 4.28. The Bertz CT molecular complexity index is 946. The summed E-state index contributed by atoms with van der Waals surface area (Å²) >= 11 is 0. The van der Waals surface area contributed by atoms with Gasteiger partial charge in [-0.3, -0.25) is 4.79 Å². The molecule has 3 aromatic rings. The molecule has 6 heteroatoms. The van der Waals surface area contributed by atoms with E-state index in [-0.39, 0.29) is 11.7 Å². The van der Waals surface area contributed by atoms with Crippen molar-refractivity contribution in [3.8, 4) is 11.5 Å². The molecule has 0 saturated carbocycles. The Hall–Kier alpha value is -3.54. The van der Waals surface area contributed by atoms with Crippen molar-refractivity contribution >= 4 is 17.3 Å². The predicted molar refractivity (Wildman–Crippen MR) is 112 cm³/mol. The van der Waals surface area contributed by atoms with Gasteiger partial charge in [0.1, 0.15) is 11.9 Å². The molecule has 0 aliphatic rings. The summed E-state index contributed by atoms with van der Waals surface area (Å²) in [7, 11) is 1.57. The molecule has 3 rings (SSSR count). The molecule has 0 aliphatic carbocycles. The van der Waals surface area contributed by atoms with Crippen LogP contribution in [0.15, 0.2) is 72.8 Å². The molecule has 0 bridgehead atoms. The first-order valence-electron chi connectivity index (χ1n) is 9.29. The average molecular weight is 394 g/mol. The molecular weight excluding hydrogens is 371 g/mol. The van der Waals surface area contributed by atoms with Crippen LogP contribution < -0.4 is 20.1 Å². The van der Waals surface area contributed by atoms with E-state index in [0.717, 1.165) is 5.56 Å². The first-order valence-corrected chi connectivity index (χ1v) is 9.29. The Morgan fingerprint density at radius 2 is 1.66 bits per heavy atom. The molecule has 1 atom stereocenters. The number of benzene rings is 3. The minimum Gasteiger partial charge on any atom is -0.493 e. The monoisotopic (exact) mass is 394 g/mol. The molecule has 0 unspecified atom stereocenters. The lowest BCUT2D eigenvalue weighted by Crippen LogP contribution is -2.27. The summed E-state index contributed by atoms with van der Waals surface area (Å²) in [6.07, 6.45) is 0. The van der Waals surface area contributed by atoms with Crippen molar-refractivity contribution in [1.29, 1.82) is 0 Å². The molecule has 0 heterocycles. The van der Waals surface area contributed by atoms with Crippen molar-refractivity contribution in [3.63, 3.8) is 0 Å². The lowest BCUT2D eigenvalue weighted by atomic mass is 10.1. The largest absolute Gasteiger partial charge is 0.493 e. The van der Waals surface area contributed by atoms with Crippen LogP contribution >= 0.6 is 0 Å². The highest BCUT2D eigenvalue weighted by molar-refractivity contribution is 5.97. The molecule has 0 saturated heterocycles. The van der Waals surface area contributed by atoms with Crippen LogP contribution in [0.25, 0.3) is 0 Å². The summed E-state index contributed by atoms with van der Waals surface area (Å²) in [4.78, 5) is 13.0. The van der Waals surface area contributed by atoms with E-state index in [1.165, 1.54) is 24.3 Å². The van der Waals surface area contributed by atoms with Crippen molar-refractivity contribution in [2.75, 3.05) is 24.4 Å². The molecule has 150 valence electrons. The SMILES string of the molecule is CCOc1ccc(N[C@H](C(=O)Nc2ccc(F)cc2)c2ccccc2)cc1OC. The Morgan fingerprint density at radius 1 is 0.966 bits per heavy atom. The van der Waals surface area contributed by atoms with E-state index in [0.29, 0.717) is 29.5 Å². The zero-order valence-corrected chi connectivity index (χ0v) is 16.3. The van der Waals surface area contributed by atoms with Gasteiger partial charge in [0.25, 0.3) is 5.91 Å². The zero-order valence-electron chi connectivity index (χ0n) is 16.3. The average Bonchev–Trinajstić information content (AvgIpc) is 2.75. The fraction of sp³-hybridized carbons (Fsp3) is 0.174. The summed E-state index contributed by atoms with van der Waals surface area (Å²) in [5.41, 5.74) is 2.01. The highest BCUT2D eigenvalue weighted by Crippen LogP contribution is 2.32. The number of anilines is 2. The van der Waals surface area contributed by atoms with Crippen LogP contribution in [-0.4, -0.2) is 19.6 Å². The van der Waals surface area contributed by atoms with Crippen LogP contribution in [0.3, 0.4) is 0 Å². The Labute approximate surface area is 169 Å². The van der Waals surface area contributed by atoms with E-state index < -0.39 is 6.04 Å². The highest BCUT2D eigenvalue weighted by Gasteiger charge is 2.21. The predicted octanol–water partition coefficient (Wildman–Crippen LogP) is 5.02. The molecule has 29 heavy (non-hydrogen) atoms. The standard InChI is InChI=1S/C23H23FN2O3/c1-3-29-20-14-13-19(15-21(20)28-2)25-22(16-7-5-4-6-8-16)23(27)26-18-11-9-17(24)10-12-18/h4-15,22,25H,3H2,1-2H3,(H,26,27)/t22-/m0/s1. The maximum absolute atomic E-state index is 13.1. The topological polar surface area (TPSA) is 59.6 Å². The van der Waals surface area contributed by atoms with E-state index in [9.17, 15) is 9.18 Å². The summed E-state index contributed by atoms with van der Waals surface area (Å²) in [6, 6.07) is 19.8. The fourth-order valence-corrected chi connectivity index (χ4v) is 2.89. The van der Waals surface area contributed by atoms with Crippen molar-refractivity contribution < 1.29 is 18.7 Å². The third-order valence-corrected chi connectivity index (χ3v) is 4.28. The number of amides is 1. The lowest BCUT2D eigenvalue weighted by Gasteiger charge is -2.21. The van der Waals surface area contributed by atoms with Gasteiger partial charge in [0.05, 0.1) is 13.7 Å². The highest BCUT2D eigenvalue weighted by atomic mass is 19.1.